The monoisotopic (exact) mass is 451 g/mol. The van der Waals surface area contributed by atoms with Gasteiger partial charge in [0.05, 0.1) is 11.1 Å². The third-order valence-electron chi connectivity index (χ3n) is 5.77. The van der Waals surface area contributed by atoms with Crippen LogP contribution in [0.5, 0.6) is 0 Å². The highest BCUT2D eigenvalue weighted by Crippen LogP contribution is 2.37. The summed E-state index contributed by atoms with van der Waals surface area (Å²) < 4.78 is 5.58. The zero-order valence-electron chi connectivity index (χ0n) is 18.8. The number of nitrogens with zero attached hydrogens (tertiary/aromatic N) is 3. The van der Waals surface area contributed by atoms with Crippen LogP contribution in [-0.4, -0.2) is 17.6 Å². The number of hydrogen-bond donors (Lipinski definition) is 1. The second-order valence-corrected chi connectivity index (χ2v) is 8.22. The van der Waals surface area contributed by atoms with Crippen molar-refractivity contribution in [2.45, 2.75) is 26.7 Å². The van der Waals surface area contributed by atoms with Crippen molar-refractivity contribution < 1.29 is 14.3 Å². The molecule has 7 nitrogen and oxygen atoms in total. The molecule has 0 aliphatic carbocycles. The summed E-state index contributed by atoms with van der Waals surface area (Å²) in [5.74, 6) is -1.38. The first-order valence-electron chi connectivity index (χ1n) is 10.7. The van der Waals surface area contributed by atoms with Gasteiger partial charge in [0.15, 0.2) is 0 Å². The minimum atomic E-state index is -1.38. The molecule has 0 amide bonds. The van der Waals surface area contributed by atoms with Crippen LogP contribution in [0.15, 0.2) is 57.3 Å². The van der Waals surface area contributed by atoms with Crippen LogP contribution in [0.4, 0.5) is 11.4 Å². The largest absolute Gasteiger partial charge is 0.477 e. The smallest absolute Gasteiger partial charge is 0.346 e. The molecular weight excluding hydrogens is 430 g/mol. The van der Waals surface area contributed by atoms with Gasteiger partial charge in [-0.25, -0.2) is 9.59 Å². The number of allylic oxidation sites excluding steroid dienone is 2. The molecule has 1 aromatic heterocycles. The fraction of sp³-hybridized carbons (Fsp3) is 0.185. The molecule has 0 saturated heterocycles. The average Bonchev–Trinajstić information content (AvgIpc) is 2.79. The van der Waals surface area contributed by atoms with E-state index in [1.807, 2.05) is 12.1 Å². The van der Waals surface area contributed by atoms with Crippen LogP contribution in [0.1, 0.15) is 34.2 Å². The van der Waals surface area contributed by atoms with Gasteiger partial charge in [-0.15, -0.1) is 0 Å². The summed E-state index contributed by atoms with van der Waals surface area (Å²) in [4.78, 5) is 25.9. The molecule has 2 aromatic carbocycles. The van der Waals surface area contributed by atoms with Gasteiger partial charge in [0.25, 0.3) is 0 Å². The zero-order valence-corrected chi connectivity index (χ0v) is 18.8. The van der Waals surface area contributed by atoms with E-state index in [1.165, 1.54) is 12.2 Å². The number of anilines is 2. The third kappa shape index (κ3) is 4.20. The Morgan fingerprint density at radius 2 is 1.88 bits per heavy atom. The summed E-state index contributed by atoms with van der Waals surface area (Å²) in [5.41, 5.74) is 4.66. The minimum Gasteiger partial charge on any atom is -0.477 e. The van der Waals surface area contributed by atoms with Crippen LogP contribution in [-0.2, 0) is 11.2 Å². The van der Waals surface area contributed by atoms with E-state index in [-0.39, 0.29) is 11.1 Å². The molecule has 0 fully saturated rings. The van der Waals surface area contributed by atoms with Gasteiger partial charge in [0, 0.05) is 29.4 Å². The van der Waals surface area contributed by atoms with Crippen LogP contribution in [0.25, 0.3) is 17.0 Å². The number of aryl methyl sites for hydroxylation is 3. The highest BCUT2D eigenvalue weighted by atomic mass is 16.4. The Bertz CT molecular complexity index is 1510. The quantitative estimate of drug-likeness (QED) is 0.259. The fourth-order valence-electron chi connectivity index (χ4n) is 4.34. The molecule has 34 heavy (non-hydrogen) atoms. The van der Waals surface area contributed by atoms with E-state index in [4.69, 9.17) is 14.8 Å². The molecule has 1 aliphatic rings. The van der Waals surface area contributed by atoms with Gasteiger partial charge < -0.3 is 14.4 Å². The number of fused-ring (bicyclic) bond motifs is 2. The third-order valence-corrected chi connectivity index (χ3v) is 5.77. The van der Waals surface area contributed by atoms with Crippen molar-refractivity contribution in [2.24, 2.45) is 0 Å². The Balaban J connectivity index is 1.86. The standard InChI is InChI=1S/C27H21N3O4/c1-16-9-17(2)11-20(10-16)30-8-4-6-18-12-22-23(15-29)21(7-3-5-19(14-28)26(31)32)27(33)34-25(22)13-24(18)30/h3,5,7,9-13H,4,6,8H2,1-2H3,(H,31,32)/b7-3+,19-5+. The van der Waals surface area contributed by atoms with Crippen molar-refractivity contribution in [1.82, 2.24) is 0 Å². The molecule has 168 valence electrons. The van der Waals surface area contributed by atoms with Gasteiger partial charge in [0.1, 0.15) is 23.3 Å². The van der Waals surface area contributed by atoms with E-state index in [0.717, 1.165) is 53.5 Å². The van der Waals surface area contributed by atoms with Crippen LogP contribution in [0, 0.1) is 36.5 Å². The van der Waals surface area contributed by atoms with Crippen LogP contribution in [0.3, 0.4) is 0 Å². The maximum Gasteiger partial charge on any atom is 0.346 e. The van der Waals surface area contributed by atoms with Crippen molar-refractivity contribution in [2.75, 3.05) is 11.4 Å². The highest BCUT2D eigenvalue weighted by Gasteiger charge is 2.22. The number of nitriles is 2. The van der Waals surface area contributed by atoms with Crippen molar-refractivity contribution >= 4 is 34.4 Å². The van der Waals surface area contributed by atoms with Gasteiger partial charge in [-0.05, 0) is 73.7 Å². The molecular formula is C27H21N3O4. The van der Waals surface area contributed by atoms with Gasteiger partial charge in [-0.3, -0.25) is 0 Å². The minimum absolute atomic E-state index is 0.0100. The van der Waals surface area contributed by atoms with Crippen molar-refractivity contribution in [1.29, 1.82) is 10.5 Å². The predicted molar refractivity (Wildman–Crippen MR) is 129 cm³/mol. The molecule has 7 heteroatoms. The molecule has 1 N–H and O–H groups in total. The number of hydrogen-bond acceptors (Lipinski definition) is 6. The summed E-state index contributed by atoms with van der Waals surface area (Å²) in [5, 5.41) is 28.2. The number of carbonyl (C=O) groups is 1. The molecule has 0 unspecified atom stereocenters. The fourth-order valence-corrected chi connectivity index (χ4v) is 4.34. The number of carboxylic acid groups (broad SMARTS) is 1. The zero-order chi connectivity index (χ0) is 24.4. The van der Waals surface area contributed by atoms with E-state index in [1.54, 1.807) is 6.07 Å². The second kappa shape index (κ2) is 9.09. The summed E-state index contributed by atoms with van der Waals surface area (Å²) in [6.45, 7) is 4.94. The number of rotatable bonds is 4. The normalized spacial score (nSPS) is 13.5. The molecule has 0 atom stereocenters. The molecule has 0 bridgehead atoms. The van der Waals surface area contributed by atoms with Crippen LogP contribution in [0.2, 0.25) is 0 Å². The lowest BCUT2D eigenvalue weighted by Gasteiger charge is -2.32. The Morgan fingerprint density at radius 3 is 2.53 bits per heavy atom. The maximum atomic E-state index is 12.7. The van der Waals surface area contributed by atoms with Gasteiger partial charge >= 0.3 is 11.6 Å². The lowest BCUT2D eigenvalue weighted by molar-refractivity contribution is -0.132. The second-order valence-electron chi connectivity index (χ2n) is 8.22. The first-order valence-corrected chi connectivity index (χ1v) is 10.7. The summed E-state index contributed by atoms with van der Waals surface area (Å²) in [6.07, 6.45) is 5.39. The summed E-state index contributed by atoms with van der Waals surface area (Å²) in [6, 6.07) is 13.7. The number of carboxylic acids is 1. The number of benzene rings is 2. The lowest BCUT2D eigenvalue weighted by Crippen LogP contribution is -2.24. The summed E-state index contributed by atoms with van der Waals surface area (Å²) >= 11 is 0. The maximum absolute atomic E-state index is 12.7. The predicted octanol–water partition coefficient (Wildman–Crippen LogP) is 4.91. The Hall–Kier alpha value is -4.62. The molecule has 0 radical (unpaired) electrons. The molecule has 0 spiro atoms. The first-order chi connectivity index (χ1) is 16.3. The van der Waals surface area contributed by atoms with Gasteiger partial charge in [-0.2, -0.15) is 10.5 Å². The van der Waals surface area contributed by atoms with E-state index >= 15 is 0 Å². The number of aliphatic carboxylic acids is 1. The van der Waals surface area contributed by atoms with Gasteiger partial charge in [-0.1, -0.05) is 12.1 Å². The molecule has 2 heterocycles. The van der Waals surface area contributed by atoms with Crippen molar-refractivity contribution in [3.8, 4) is 12.1 Å². The van der Waals surface area contributed by atoms with Crippen molar-refractivity contribution in [3.05, 3.63) is 86.3 Å². The Morgan fingerprint density at radius 1 is 1.15 bits per heavy atom. The Labute approximate surface area is 196 Å². The van der Waals surface area contributed by atoms with Crippen LogP contribution >= 0.6 is 0 Å². The highest BCUT2D eigenvalue weighted by molar-refractivity contribution is 5.93. The molecule has 0 saturated carbocycles. The van der Waals surface area contributed by atoms with Gasteiger partial charge in [0.2, 0.25) is 0 Å². The topological polar surface area (TPSA) is 118 Å². The first kappa shape index (κ1) is 22.6. The van der Waals surface area contributed by atoms with E-state index in [9.17, 15) is 14.9 Å². The summed E-state index contributed by atoms with van der Waals surface area (Å²) in [7, 11) is 0. The molecule has 1 aliphatic heterocycles. The van der Waals surface area contributed by atoms with E-state index < -0.39 is 17.2 Å². The average molecular weight is 451 g/mol. The van der Waals surface area contributed by atoms with E-state index in [0.29, 0.717) is 11.0 Å². The Kier molecular flexibility index (Phi) is 6.03. The molecule has 3 aromatic rings. The SMILES string of the molecule is Cc1cc(C)cc(N2CCCc3cc4c(C#N)c(/C=C/C=C(\C#N)C(=O)O)c(=O)oc4cc32)c1. The molecule has 4 rings (SSSR count). The van der Waals surface area contributed by atoms with Crippen LogP contribution < -0.4 is 10.5 Å². The lowest BCUT2D eigenvalue weighted by atomic mass is 9.95. The van der Waals surface area contributed by atoms with Crippen molar-refractivity contribution in [3.63, 3.8) is 0 Å². The van der Waals surface area contributed by atoms with E-state index in [2.05, 4.69) is 43.0 Å².